The molecule has 0 saturated carbocycles. The van der Waals surface area contributed by atoms with E-state index in [1.54, 1.807) is 17.2 Å². The van der Waals surface area contributed by atoms with Gasteiger partial charge in [-0.3, -0.25) is 4.79 Å². The summed E-state index contributed by atoms with van der Waals surface area (Å²) >= 11 is 0. The van der Waals surface area contributed by atoms with Crippen molar-refractivity contribution < 1.29 is 14.3 Å². The van der Waals surface area contributed by atoms with E-state index in [9.17, 15) is 9.59 Å². The van der Waals surface area contributed by atoms with Gasteiger partial charge in [-0.05, 0) is 50.7 Å². The zero-order valence-electron chi connectivity index (χ0n) is 16.3. The van der Waals surface area contributed by atoms with Crippen molar-refractivity contribution in [2.75, 3.05) is 38.1 Å². The highest BCUT2D eigenvalue weighted by Crippen LogP contribution is 2.20. The van der Waals surface area contributed by atoms with Crippen LogP contribution in [-0.2, 0) is 4.74 Å². The normalized spacial score (nSPS) is 19.0. The highest BCUT2D eigenvalue weighted by atomic mass is 16.6. The number of hydrogen-bond donors (Lipinski definition) is 1. The summed E-state index contributed by atoms with van der Waals surface area (Å²) in [5.74, 6) is 1.51. The minimum absolute atomic E-state index is 0.0875. The maximum Gasteiger partial charge on any atom is 0.409 e. The largest absolute Gasteiger partial charge is 0.450 e. The molecule has 27 heavy (non-hydrogen) atoms. The molecule has 1 aromatic heterocycles. The smallest absolute Gasteiger partial charge is 0.409 e. The second kappa shape index (κ2) is 9.06. The third-order valence-electron chi connectivity index (χ3n) is 5.45. The molecule has 3 heterocycles. The van der Waals surface area contributed by atoms with Crippen LogP contribution >= 0.6 is 0 Å². The second-order valence-corrected chi connectivity index (χ2v) is 7.51. The van der Waals surface area contributed by atoms with E-state index in [4.69, 9.17) is 4.74 Å². The van der Waals surface area contributed by atoms with Crippen LogP contribution in [0, 0.1) is 5.92 Å². The molecule has 1 aromatic rings. The number of anilines is 1. The van der Waals surface area contributed by atoms with E-state index >= 15 is 0 Å². The topological polar surface area (TPSA) is 74.8 Å². The van der Waals surface area contributed by atoms with Gasteiger partial charge in [0, 0.05) is 44.0 Å². The van der Waals surface area contributed by atoms with Crippen LogP contribution in [0.2, 0.25) is 0 Å². The van der Waals surface area contributed by atoms with Crippen molar-refractivity contribution in [2.45, 2.75) is 45.6 Å². The lowest BCUT2D eigenvalue weighted by Gasteiger charge is -2.32. The second-order valence-electron chi connectivity index (χ2n) is 7.51. The van der Waals surface area contributed by atoms with Crippen LogP contribution in [-0.4, -0.2) is 65.6 Å². The number of rotatable bonds is 4. The van der Waals surface area contributed by atoms with Crippen LogP contribution in [0.3, 0.4) is 0 Å². The minimum atomic E-state index is -0.238. The number of ether oxygens (including phenoxy) is 1. The molecule has 0 spiro atoms. The van der Waals surface area contributed by atoms with Gasteiger partial charge in [0.15, 0.2) is 0 Å². The van der Waals surface area contributed by atoms with E-state index in [2.05, 4.69) is 17.2 Å². The number of carbonyl (C=O) groups excluding carboxylic acids is 2. The van der Waals surface area contributed by atoms with Crippen molar-refractivity contribution in [1.29, 1.82) is 0 Å². The van der Waals surface area contributed by atoms with E-state index in [1.165, 1.54) is 0 Å². The fraction of sp³-hybridized carbons (Fsp3) is 0.650. The van der Waals surface area contributed by atoms with E-state index < -0.39 is 0 Å². The van der Waals surface area contributed by atoms with Crippen LogP contribution in [0.15, 0.2) is 18.3 Å². The van der Waals surface area contributed by atoms with Gasteiger partial charge in [0.1, 0.15) is 5.82 Å². The molecule has 7 heteroatoms. The summed E-state index contributed by atoms with van der Waals surface area (Å²) in [6, 6.07) is 3.87. The molecule has 3 rings (SSSR count). The highest BCUT2D eigenvalue weighted by Gasteiger charge is 2.25. The van der Waals surface area contributed by atoms with Gasteiger partial charge < -0.3 is 19.9 Å². The first-order valence-electron chi connectivity index (χ1n) is 10.0. The Morgan fingerprint density at radius 2 is 1.81 bits per heavy atom. The first-order valence-corrected chi connectivity index (χ1v) is 10.0. The van der Waals surface area contributed by atoms with Crippen molar-refractivity contribution in [3.63, 3.8) is 0 Å². The third kappa shape index (κ3) is 5.11. The van der Waals surface area contributed by atoms with Crippen molar-refractivity contribution in [3.8, 4) is 0 Å². The number of aromatic nitrogens is 1. The van der Waals surface area contributed by atoms with Crippen LogP contribution in [0.25, 0.3) is 0 Å². The van der Waals surface area contributed by atoms with Crippen molar-refractivity contribution in [1.82, 2.24) is 14.8 Å². The number of carbonyl (C=O) groups is 2. The third-order valence-corrected chi connectivity index (χ3v) is 5.45. The van der Waals surface area contributed by atoms with Gasteiger partial charge >= 0.3 is 6.09 Å². The van der Waals surface area contributed by atoms with E-state index in [-0.39, 0.29) is 18.0 Å². The summed E-state index contributed by atoms with van der Waals surface area (Å²) < 4.78 is 5.05. The Bertz CT molecular complexity index is 650. The minimum Gasteiger partial charge on any atom is -0.450 e. The van der Waals surface area contributed by atoms with E-state index in [0.29, 0.717) is 31.2 Å². The fourth-order valence-corrected chi connectivity index (χ4v) is 3.67. The average molecular weight is 374 g/mol. The molecule has 1 N–H and O–H groups in total. The summed E-state index contributed by atoms with van der Waals surface area (Å²) in [6.45, 7) is 7.45. The van der Waals surface area contributed by atoms with Crippen molar-refractivity contribution >= 4 is 17.8 Å². The molecule has 0 aromatic carbocycles. The van der Waals surface area contributed by atoms with Gasteiger partial charge in [-0.25, -0.2) is 9.78 Å². The number of amides is 2. The quantitative estimate of drug-likeness (QED) is 0.877. The molecule has 2 fully saturated rings. The maximum absolute atomic E-state index is 12.7. The molecule has 7 nitrogen and oxygen atoms in total. The molecule has 148 valence electrons. The summed E-state index contributed by atoms with van der Waals surface area (Å²) in [5, 5.41) is 3.42. The molecule has 0 unspecified atom stereocenters. The first-order chi connectivity index (χ1) is 13.1. The number of nitrogens with zero attached hydrogens (tertiary/aromatic N) is 3. The highest BCUT2D eigenvalue weighted by molar-refractivity contribution is 5.94. The Kier molecular flexibility index (Phi) is 6.53. The van der Waals surface area contributed by atoms with Gasteiger partial charge in [-0.1, -0.05) is 6.92 Å². The number of pyridine rings is 1. The molecule has 0 radical (unpaired) electrons. The molecule has 2 aliphatic heterocycles. The Hall–Kier alpha value is -2.31. The number of nitrogens with one attached hydrogen (secondary N) is 1. The van der Waals surface area contributed by atoms with Crippen molar-refractivity contribution in [2.24, 2.45) is 5.92 Å². The fourth-order valence-electron chi connectivity index (χ4n) is 3.67. The van der Waals surface area contributed by atoms with Crippen LogP contribution in [0.5, 0.6) is 0 Å². The van der Waals surface area contributed by atoms with Gasteiger partial charge in [0.2, 0.25) is 0 Å². The van der Waals surface area contributed by atoms with Gasteiger partial charge in [-0.15, -0.1) is 0 Å². The standard InChI is InChI=1S/C20H30N4O3/c1-3-27-20(26)24-12-7-17(8-13-24)22-18-14-16(4-9-21-18)19(25)23-10-5-15(2)6-11-23/h4,9,14-15,17H,3,5-8,10-13H2,1-2H3,(H,21,22). The monoisotopic (exact) mass is 374 g/mol. The summed E-state index contributed by atoms with van der Waals surface area (Å²) in [6.07, 6.45) is 5.26. The lowest BCUT2D eigenvalue weighted by molar-refractivity contribution is 0.0697. The molecule has 2 saturated heterocycles. The molecular formula is C20H30N4O3. The molecule has 2 aliphatic rings. The number of hydrogen-bond acceptors (Lipinski definition) is 5. The Morgan fingerprint density at radius 1 is 1.15 bits per heavy atom. The molecule has 0 aliphatic carbocycles. The molecule has 2 amide bonds. The van der Waals surface area contributed by atoms with E-state index in [0.717, 1.165) is 44.6 Å². The predicted octanol–water partition coefficient (Wildman–Crippen LogP) is 2.99. The average Bonchev–Trinajstić information content (AvgIpc) is 2.69. The molecule has 0 bridgehead atoms. The van der Waals surface area contributed by atoms with Crippen LogP contribution in [0.1, 0.15) is 49.9 Å². The first kappa shape index (κ1) is 19.5. The lowest BCUT2D eigenvalue weighted by Crippen LogP contribution is -2.42. The summed E-state index contributed by atoms with van der Waals surface area (Å²) in [4.78, 5) is 32.6. The van der Waals surface area contributed by atoms with Crippen LogP contribution < -0.4 is 5.32 Å². The molecular weight excluding hydrogens is 344 g/mol. The predicted molar refractivity (Wildman–Crippen MR) is 104 cm³/mol. The maximum atomic E-state index is 12.7. The Balaban J connectivity index is 1.54. The van der Waals surface area contributed by atoms with Crippen LogP contribution in [0.4, 0.5) is 10.6 Å². The van der Waals surface area contributed by atoms with E-state index in [1.807, 2.05) is 17.9 Å². The van der Waals surface area contributed by atoms with Gasteiger partial charge in [0.25, 0.3) is 5.91 Å². The zero-order chi connectivity index (χ0) is 19.2. The number of likely N-dealkylation sites (tertiary alicyclic amines) is 2. The zero-order valence-corrected chi connectivity index (χ0v) is 16.3. The SMILES string of the molecule is CCOC(=O)N1CCC(Nc2cc(C(=O)N3CCC(C)CC3)ccn2)CC1. The van der Waals surface area contributed by atoms with Gasteiger partial charge in [-0.2, -0.15) is 0 Å². The Labute approximate surface area is 161 Å². The molecule has 0 atom stereocenters. The van der Waals surface area contributed by atoms with Gasteiger partial charge in [0.05, 0.1) is 6.61 Å². The lowest BCUT2D eigenvalue weighted by atomic mass is 9.99. The summed E-state index contributed by atoms with van der Waals surface area (Å²) in [7, 11) is 0. The van der Waals surface area contributed by atoms with Crippen molar-refractivity contribution in [3.05, 3.63) is 23.9 Å². The number of piperidine rings is 2. The summed E-state index contributed by atoms with van der Waals surface area (Å²) in [5.41, 5.74) is 0.686. The Morgan fingerprint density at radius 3 is 2.48 bits per heavy atom.